The first kappa shape index (κ1) is 19.8. The van der Waals surface area contributed by atoms with Gasteiger partial charge in [-0.1, -0.05) is 0 Å². The van der Waals surface area contributed by atoms with Crippen LogP contribution in [0.4, 0.5) is 0 Å². The van der Waals surface area contributed by atoms with Gasteiger partial charge in [0.05, 0.1) is 26.4 Å². The van der Waals surface area contributed by atoms with Crippen molar-refractivity contribution in [2.24, 2.45) is 11.3 Å². The van der Waals surface area contributed by atoms with Crippen LogP contribution < -0.4 is 0 Å². The highest BCUT2D eigenvalue weighted by molar-refractivity contribution is 7.07. The number of likely N-dealkylation sites (tertiary alicyclic amines) is 2. The third-order valence-electron chi connectivity index (χ3n) is 6.45. The first-order valence-corrected chi connectivity index (χ1v) is 11.0. The van der Waals surface area contributed by atoms with Crippen molar-refractivity contribution in [3.63, 3.8) is 0 Å². The van der Waals surface area contributed by atoms with Crippen LogP contribution in [0.15, 0.2) is 16.8 Å². The number of rotatable bonds is 6. The molecule has 1 aromatic heterocycles. The van der Waals surface area contributed by atoms with Crippen LogP contribution in [0.25, 0.3) is 0 Å². The fourth-order valence-electron chi connectivity index (χ4n) is 4.68. The largest absolute Gasteiger partial charge is 0.396 e. The molecule has 0 aliphatic carbocycles. The third kappa shape index (κ3) is 4.10. The third-order valence-corrected chi connectivity index (χ3v) is 7.18. The van der Waals surface area contributed by atoms with Crippen molar-refractivity contribution in [2.45, 2.75) is 12.8 Å². The highest BCUT2D eigenvalue weighted by atomic mass is 32.1. The number of fused-ring (bicyclic) bond motifs is 1. The summed E-state index contributed by atoms with van der Waals surface area (Å²) in [7, 11) is 0. The lowest BCUT2D eigenvalue weighted by Gasteiger charge is -2.30. The fraction of sp³-hybridized carbons (Fsp3) is 0.700. The first-order chi connectivity index (χ1) is 13.6. The van der Waals surface area contributed by atoms with Crippen LogP contribution in [0.2, 0.25) is 0 Å². The normalized spacial score (nSPS) is 28.0. The van der Waals surface area contributed by atoms with Gasteiger partial charge in [-0.15, -0.1) is 0 Å². The summed E-state index contributed by atoms with van der Waals surface area (Å²) < 4.78 is 5.34. The minimum absolute atomic E-state index is 0.0211. The Morgan fingerprint density at radius 1 is 1.18 bits per heavy atom. The molecular weight excluding hydrogens is 378 g/mol. The molecule has 0 saturated carbocycles. The zero-order valence-corrected chi connectivity index (χ0v) is 17.0. The summed E-state index contributed by atoms with van der Waals surface area (Å²) in [5.41, 5.74) is 0.841. The molecule has 0 aromatic carbocycles. The Morgan fingerprint density at radius 3 is 2.50 bits per heavy atom. The van der Waals surface area contributed by atoms with E-state index in [2.05, 4.69) is 16.3 Å². The number of aliphatic hydroxyl groups excluding tert-OH is 1. The van der Waals surface area contributed by atoms with Gasteiger partial charge in [0.1, 0.15) is 0 Å². The quantitative estimate of drug-likeness (QED) is 0.734. The molecule has 4 heterocycles. The number of aliphatic hydroxyl groups is 1. The number of thiophene rings is 1. The Balaban J connectivity index is 1.31. The van der Waals surface area contributed by atoms with Crippen molar-refractivity contribution in [3.8, 4) is 0 Å². The van der Waals surface area contributed by atoms with Gasteiger partial charge in [-0.25, -0.2) is 0 Å². The number of nitrogens with zero attached hydrogens (tertiary/aromatic N) is 3. The second-order valence-corrected chi connectivity index (χ2v) is 9.07. The van der Waals surface area contributed by atoms with Crippen LogP contribution in [-0.4, -0.2) is 97.3 Å². The van der Waals surface area contributed by atoms with Gasteiger partial charge in [-0.2, -0.15) is 11.3 Å². The second kappa shape index (κ2) is 8.49. The number of morpholine rings is 1. The van der Waals surface area contributed by atoms with E-state index < -0.39 is 0 Å². The molecular formula is C20H29N3O4S. The van der Waals surface area contributed by atoms with Gasteiger partial charge in [-0.3, -0.25) is 14.5 Å². The average molecular weight is 408 g/mol. The summed E-state index contributed by atoms with van der Waals surface area (Å²) in [6.45, 7) is 5.76. The standard InChI is InChI=1S/C20H29N3O4S/c24-15-20-13-22(18(25)2-1-16-3-8-28-12-16)9-17(20)10-23(14-20)19(26)11-21-4-6-27-7-5-21/h3,8,12,17,24H,1-2,4-7,9-11,13-15H2. The summed E-state index contributed by atoms with van der Waals surface area (Å²) in [6, 6.07) is 2.06. The number of amides is 2. The SMILES string of the molecule is O=C(CCc1ccsc1)N1CC2CN(C(=O)CN3CCOCC3)CC2(CO)C1. The Hall–Kier alpha value is -1.48. The number of ether oxygens (including phenoxy) is 1. The van der Waals surface area contributed by atoms with E-state index in [1.807, 2.05) is 15.2 Å². The predicted octanol–water partition coefficient (Wildman–Crippen LogP) is 0.292. The zero-order chi connectivity index (χ0) is 19.6. The number of hydrogen-bond donors (Lipinski definition) is 1. The molecule has 7 nitrogen and oxygen atoms in total. The van der Waals surface area contributed by atoms with Crippen LogP contribution in [-0.2, 0) is 20.7 Å². The van der Waals surface area contributed by atoms with E-state index >= 15 is 0 Å². The molecule has 28 heavy (non-hydrogen) atoms. The fourth-order valence-corrected chi connectivity index (χ4v) is 5.38. The summed E-state index contributed by atoms with van der Waals surface area (Å²) in [5, 5.41) is 14.2. The van der Waals surface area contributed by atoms with Crippen molar-refractivity contribution in [3.05, 3.63) is 22.4 Å². The second-order valence-electron chi connectivity index (χ2n) is 8.29. The highest BCUT2D eigenvalue weighted by Gasteiger charge is 2.54. The van der Waals surface area contributed by atoms with Gasteiger partial charge >= 0.3 is 0 Å². The van der Waals surface area contributed by atoms with E-state index in [0.717, 1.165) is 19.5 Å². The Labute approximate surface area is 169 Å². The van der Waals surface area contributed by atoms with Gasteiger partial charge in [-0.05, 0) is 28.8 Å². The maximum Gasteiger partial charge on any atom is 0.236 e. The molecule has 0 radical (unpaired) electrons. The Morgan fingerprint density at radius 2 is 1.89 bits per heavy atom. The summed E-state index contributed by atoms with van der Waals surface area (Å²) in [6.07, 6.45) is 1.27. The highest BCUT2D eigenvalue weighted by Crippen LogP contribution is 2.42. The summed E-state index contributed by atoms with van der Waals surface area (Å²) in [4.78, 5) is 31.3. The molecule has 4 rings (SSSR count). The molecule has 2 atom stereocenters. The van der Waals surface area contributed by atoms with Crippen molar-refractivity contribution >= 4 is 23.2 Å². The minimum Gasteiger partial charge on any atom is -0.396 e. The molecule has 154 valence electrons. The predicted molar refractivity (Wildman–Crippen MR) is 106 cm³/mol. The van der Waals surface area contributed by atoms with Crippen molar-refractivity contribution < 1.29 is 19.4 Å². The number of hydrogen-bond acceptors (Lipinski definition) is 6. The van der Waals surface area contributed by atoms with Crippen molar-refractivity contribution in [2.75, 3.05) is 65.6 Å². The molecule has 1 aromatic rings. The van der Waals surface area contributed by atoms with Crippen LogP contribution in [0.3, 0.4) is 0 Å². The first-order valence-electron chi connectivity index (χ1n) is 10.1. The van der Waals surface area contributed by atoms with Gasteiger partial charge in [0, 0.05) is 57.0 Å². The molecule has 1 N–H and O–H groups in total. The molecule has 3 aliphatic heterocycles. The van der Waals surface area contributed by atoms with Crippen LogP contribution in [0.5, 0.6) is 0 Å². The Kier molecular flexibility index (Phi) is 6.01. The molecule has 3 aliphatic rings. The molecule has 8 heteroatoms. The van der Waals surface area contributed by atoms with E-state index in [-0.39, 0.29) is 29.8 Å². The van der Waals surface area contributed by atoms with Gasteiger partial charge in [0.25, 0.3) is 0 Å². The molecule has 2 unspecified atom stereocenters. The van der Waals surface area contributed by atoms with Crippen molar-refractivity contribution in [1.29, 1.82) is 0 Å². The van der Waals surface area contributed by atoms with Crippen molar-refractivity contribution in [1.82, 2.24) is 14.7 Å². The monoisotopic (exact) mass is 407 g/mol. The number of carbonyl (C=O) groups is 2. The Bertz CT molecular complexity index is 692. The lowest BCUT2D eigenvalue weighted by Crippen LogP contribution is -2.46. The molecule has 0 spiro atoms. The van der Waals surface area contributed by atoms with Crippen LogP contribution in [0, 0.1) is 11.3 Å². The van der Waals surface area contributed by atoms with E-state index in [1.54, 1.807) is 11.3 Å². The molecule has 3 saturated heterocycles. The lowest BCUT2D eigenvalue weighted by atomic mass is 9.82. The maximum absolute atomic E-state index is 12.7. The van der Waals surface area contributed by atoms with Crippen LogP contribution >= 0.6 is 11.3 Å². The molecule has 0 bridgehead atoms. The number of aryl methyl sites for hydroxylation is 1. The maximum atomic E-state index is 12.7. The van der Waals surface area contributed by atoms with E-state index in [0.29, 0.717) is 52.4 Å². The average Bonchev–Trinajstić information content (AvgIpc) is 3.41. The van der Waals surface area contributed by atoms with E-state index in [9.17, 15) is 14.7 Å². The topological polar surface area (TPSA) is 73.3 Å². The zero-order valence-electron chi connectivity index (χ0n) is 16.2. The van der Waals surface area contributed by atoms with Gasteiger partial charge in [0.2, 0.25) is 11.8 Å². The number of carbonyl (C=O) groups excluding carboxylic acids is 2. The van der Waals surface area contributed by atoms with E-state index in [4.69, 9.17) is 4.74 Å². The van der Waals surface area contributed by atoms with Crippen LogP contribution in [0.1, 0.15) is 12.0 Å². The van der Waals surface area contributed by atoms with E-state index in [1.165, 1.54) is 5.56 Å². The van der Waals surface area contributed by atoms with Gasteiger partial charge < -0.3 is 19.6 Å². The molecule has 2 amide bonds. The summed E-state index contributed by atoms with van der Waals surface area (Å²) in [5.74, 6) is 0.440. The van der Waals surface area contributed by atoms with Gasteiger partial charge in [0.15, 0.2) is 0 Å². The smallest absolute Gasteiger partial charge is 0.236 e. The lowest BCUT2D eigenvalue weighted by molar-refractivity contribution is -0.133. The summed E-state index contributed by atoms with van der Waals surface area (Å²) >= 11 is 1.65. The molecule has 3 fully saturated rings. The minimum atomic E-state index is -0.362.